The average molecular weight is 406 g/mol. The summed E-state index contributed by atoms with van der Waals surface area (Å²) in [7, 11) is 0. The van der Waals surface area contributed by atoms with Crippen molar-refractivity contribution in [2.75, 3.05) is 6.54 Å². The molecule has 0 saturated heterocycles. The first-order valence-corrected chi connectivity index (χ1v) is 10.0. The normalized spacial score (nSPS) is 15.7. The van der Waals surface area contributed by atoms with Crippen LogP contribution in [0.3, 0.4) is 0 Å². The van der Waals surface area contributed by atoms with E-state index in [2.05, 4.69) is 37.1 Å². The third-order valence-electron chi connectivity index (χ3n) is 5.15. The Labute approximate surface area is 175 Å². The van der Waals surface area contributed by atoms with Crippen molar-refractivity contribution in [1.82, 2.24) is 24.4 Å². The highest BCUT2D eigenvalue weighted by molar-refractivity contribution is 6.01. The maximum absolute atomic E-state index is 12.2. The van der Waals surface area contributed by atoms with Gasteiger partial charge in [0.25, 0.3) is 0 Å². The Morgan fingerprint density at radius 3 is 2.40 bits per heavy atom. The Hall–Kier alpha value is -3.42. The lowest BCUT2D eigenvalue weighted by molar-refractivity contribution is -0.122. The van der Waals surface area contributed by atoms with Crippen LogP contribution < -0.4 is 5.32 Å². The maximum atomic E-state index is 12.2. The largest absolute Gasteiger partial charge is 0.390 e. The number of hydrogen-bond acceptors (Lipinski definition) is 5. The van der Waals surface area contributed by atoms with Crippen molar-refractivity contribution >= 4 is 11.6 Å². The zero-order valence-corrected chi connectivity index (χ0v) is 17.7. The van der Waals surface area contributed by atoms with Crippen LogP contribution in [-0.2, 0) is 16.2 Å². The molecule has 156 valence electrons. The predicted octanol–water partition coefficient (Wildman–Crippen LogP) is 2.61. The summed E-state index contributed by atoms with van der Waals surface area (Å²) >= 11 is 0. The van der Waals surface area contributed by atoms with Crippen LogP contribution in [0.2, 0.25) is 0 Å². The van der Waals surface area contributed by atoms with E-state index in [1.165, 1.54) is 0 Å². The number of benzene rings is 1. The van der Waals surface area contributed by atoms with Crippen LogP contribution in [0.25, 0.3) is 5.69 Å². The molecule has 1 unspecified atom stereocenters. The van der Waals surface area contributed by atoms with Gasteiger partial charge in [-0.2, -0.15) is 0 Å². The number of carbonyl (C=O) groups excluding carboxylic acids is 1. The van der Waals surface area contributed by atoms with Gasteiger partial charge in [-0.05, 0) is 45.4 Å². The highest BCUT2D eigenvalue weighted by Gasteiger charge is 2.23. The highest BCUT2D eigenvalue weighted by Crippen LogP contribution is 2.19. The van der Waals surface area contributed by atoms with Crippen LogP contribution in [0, 0.1) is 27.7 Å². The zero-order chi connectivity index (χ0) is 21.3. The molecule has 8 nitrogen and oxygen atoms in total. The van der Waals surface area contributed by atoms with Crippen molar-refractivity contribution in [3.05, 3.63) is 65.3 Å². The van der Waals surface area contributed by atoms with Gasteiger partial charge in [-0.25, -0.2) is 9.97 Å². The standard InChI is InChI=1S/C22H26N6O2/c1-14-11-27(16(3)24-14)13-22(29)23-10-20-9-21(26-30-20)18-5-7-19(8-6-18)28-12-15(2)25-17(28)4/h5-8,11-12,20H,9-10,13H2,1-4H3,(H,23,29). The number of imidazole rings is 2. The summed E-state index contributed by atoms with van der Waals surface area (Å²) in [5, 5.41) is 7.15. The lowest BCUT2D eigenvalue weighted by Gasteiger charge is -2.11. The van der Waals surface area contributed by atoms with E-state index in [0.717, 1.165) is 40.0 Å². The molecule has 1 aliphatic heterocycles. The second-order valence-corrected chi connectivity index (χ2v) is 7.68. The summed E-state index contributed by atoms with van der Waals surface area (Å²) in [5.41, 5.74) is 4.87. The highest BCUT2D eigenvalue weighted by atomic mass is 16.6. The molecule has 4 rings (SSSR count). The average Bonchev–Trinajstić information content (AvgIpc) is 3.39. The number of carbonyl (C=O) groups is 1. The molecule has 0 bridgehead atoms. The Bertz CT molecular complexity index is 1090. The number of nitrogens with zero attached hydrogens (tertiary/aromatic N) is 5. The number of rotatable bonds is 6. The molecule has 0 saturated carbocycles. The minimum absolute atomic E-state index is 0.0668. The number of hydrogen-bond donors (Lipinski definition) is 1. The third kappa shape index (κ3) is 4.27. The van der Waals surface area contributed by atoms with E-state index in [1.54, 1.807) is 0 Å². The van der Waals surface area contributed by atoms with Crippen molar-refractivity contribution in [1.29, 1.82) is 0 Å². The van der Waals surface area contributed by atoms with Gasteiger partial charge < -0.3 is 19.3 Å². The summed E-state index contributed by atoms with van der Waals surface area (Å²) in [6.07, 6.45) is 4.39. The van der Waals surface area contributed by atoms with Gasteiger partial charge in [-0.3, -0.25) is 4.79 Å². The van der Waals surface area contributed by atoms with Crippen molar-refractivity contribution < 1.29 is 9.63 Å². The van der Waals surface area contributed by atoms with Gasteiger partial charge in [-0.1, -0.05) is 17.3 Å². The SMILES string of the molecule is Cc1cn(CC(=O)NCC2CC(c3ccc(-n4cc(C)nc4C)cc3)=NO2)c(C)n1. The summed E-state index contributed by atoms with van der Waals surface area (Å²) in [6, 6.07) is 8.18. The molecule has 2 aromatic heterocycles. The number of nitrogens with one attached hydrogen (secondary N) is 1. The topological polar surface area (TPSA) is 86.3 Å². The molecule has 0 fully saturated rings. The van der Waals surface area contributed by atoms with E-state index in [4.69, 9.17) is 4.84 Å². The van der Waals surface area contributed by atoms with Gasteiger partial charge in [0.15, 0.2) is 0 Å². The second kappa shape index (κ2) is 8.14. The molecule has 0 radical (unpaired) electrons. The number of aryl methyl sites for hydroxylation is 4. The first-order valence-electron chi connectivity index (χ1n) is 10.0. The molecule has 0 aliphatic carbocycles. The molecule has 3 aromatic rings. The van der Waals surface area contributed by atoms with E-state index in [0.29, 0.717) is 13.0 Å². The van der Waals surface area contributed by atoms with Crippen molar-refractivity contribution in [2.24, 2.45) is 5.16 Å². The molecular weight excluding hydrogens is 380 g/mol. The molecule has 8 heteroatoms. The van der Waals surface area contributed by atoms with Gasteiger partial charge in [0.05, 0.1) is 23.6 Å². The molecule has 0 spiro atoms. The molecule has 1 amide bonds. The molecule has 1 atom stereocenters. The van der Waals surface area contributed by atoms with Crippen molar-refractivity contribution in [2.45, 2.75) is 46.8 Å². The minimum Gasteiger partial charge on any atom is -0.390 e. The van der Waals surface area contributed by atoms with Gasteiger partial charge in [0, 0.05) is 24.5 Å². The van der Waals surface area contributed by atoms with E-state index in [-0.39, 0.29) is 18.6 Å². The summed E-state index contributed by atoms with van der Waals surface area (Å²) in [6.45, 7) is 8.45. The Morgan fingerprint density at radius 1 is 1.07 bits per heavy atom. The quantitative estimate of drug-likeness (QED) is 0.682. The van der Waals surface area contributed by atoms with Crippen LogP contribution in [0.4, 0.5) is 0 Å². The fourth-order valence-electron chi connectivity index (χ4n) is 3.67. The van der Waals surface area contributed by atoms with Crippen LogP contribution in [0.5, 0.6) is 0 Å². The van der Waals surface area contributed by atoms with Crippen LogP contribution in [0.1, 0.15) is 35.0 Å². The molecule has 3 heterocycles. The molecule has 30 heavy (non-hydrogen) atoms. The van der Waals surface area contributed by atoms with Gasteiger partial charge >= 0.3 is 0 Å². The number of aromatic nitrogens is 4. The van der Waals surface area contributed by atoms with Crippen LogP contribution >= 0.6 is 0 Å². The van der Waals surface area contributed by atoms with Gasteiger partial charge in [0.2, 0.25) is 5.91 Å². The monoisotopic (exact) mass is 406 g/mol. The Balaban J connectivity index is 1.30. The van der Waals surface area contributed by atoms with E-state index >= 15 is 0 Å². The second-order valence-electron chi connectivity index (χ2n) is 7.68. The predicted molar refractivity (Wildman–Crippen MR) is 114 cm³/mol. The summed E-state index contributed by atoms with van der Waals surface area (Å²) < 4.78 is 3.90. The molecule has 1 aliphatic rings. The third-order valence-corrected chi connectivity index (χ3v) is 5.15. The fourth-order valence-corrected chi connectivity index (χ4v) is 3.67. The molecule has 1 N–H and O–H groups in total. The van der Waals surface area contributed by atoms with Crippen LogP contribution in [-0.4, -0.2) is 43.4 Å². The molecule has 1 aromatic carbocycles. The number of amides is 1. The van der Waals surface area contributed by atoms with Crippen molar-refractivity contribution in [3.8, 4) is 5.69 Å². The zero-order valence-electron chi connectivity index (χ0n) is 17.7. The first kappa shape index (κ1) is 19.9. The lowest BCUT2D eigenvalue weighted by Crippen LogP contribution is -2.34. The Kier molecular flexibility index (Phi) is 5.39. The van der Waals surface area contributed by atoms with Crippen molar-refractivity contribution in [3.63, 3.8) is 0 Å². The first-order chi connectivity index (χ1) is 14.4. The summed E-state index contributed by atoms with van der Waals surface area (Å²) in [5.74, 6) is 1.72. The summed E-state index contributed by atoms with van der Waals surface area (Å²) in [4.78, 5) is 26.5. The van der Waals surface area contributed by atoms with E-state index in [1.807, 2.05) is 56.8 Å². The van der Waals surface area contributed by atoms with Gasteiger partial charge in [-0.15, -0.1) is 0 Å². The van der Waals surface area contributed by atoms with E-state index in [9.17, 15) is 4.79 Å². The molecular formula is C22H26N6O2. The fraction of sp³-hybridized carbons (Fsp3) is 0.364. The Morgan fingerprint density at radius 2 is 1.77 bits per heavy atom. The van der Waals surface area contributed by atoms with Crippen LogP contribution in [0.15, 0.2) is 41.8 Å². The smallest absolute Gasteiger partial charge is 0.240 e. The van der Waals surface area contributed by atoms with E-state index < -0.39 is 0 Å². The lowest BCUT2D eigenvalue weighted by atomic mass is 10.0. The van der Waals surface area contributed by atoms with Gasteiger partial charge in [0.1, 0.15) is 24.3 Å². The number of oxime groups is 1. The minimum atomic E-state index is -0.159. The maximum Gasteiger partial charge on any atom is 0.240 e.